The molecular weight excluding hydrogens is 344 g/mol. The molecule has 6 heteroatoms. The lowest BCUT2D eigenvalue weighted by Gasteiger charge is -2.07. The van der Waals surface area contributed by atoms with Gasteiger partial charge in [-0.1, -0.05) is 24.3 Å². The molecule has 2 amide bonds. The lowest BCUT2D eigenvalue weighted by atomic mass is 10.2. The summed E-state index contributed by atoms with van der Waals surface area (Å²) in [6.45, 7) is 0. The number of furan rings is 1. The van der Waals surface area contributed by atoms with Gasteiger partial charge in [-0.3, -0.25) is 9.59 Å². The highest BCUT2D eigenvalue weighted by molar-refractivity contribution is 6.04. The first-order valence-electron chi connectivity index (χ1n) is 8.23. The number of carbonyl (C=O) groups is 2. The molecule has 3 aromatic rings. The van der Waals surface area contributed by atoms with Crippen LogP contribution in [0.25, 0.3) is 6.08 Å². The van der Waals surface area contributed by atoms with Gasteiger partial charge in [-0.25, -0.2) is 0 Å². The van der Waals surface area contributed by atoms with Crippen LogP contribution in [-0.4, -0.2) is 18.9 Å². The third-order valence-corrected chi connectivity index (χ3v) is 3.69. The minimum Gasteiger partial charge on any atom is -0.496 e. The van der Waals surface area contributed by atoms with Crippen LogP contribution in [0.3, 0.4) is 0 Å². The number of nitrogens with one attached hydrogen (secondary N) is 2. The van der Waals surface area contributed by atoms with Crippen molar-refractivity contribution in [3.05, 3.63) is 84.3 Å². The van der Waals surface area contributed by atoms with E-state index in [0.29, 0.717) is 17.1 Å². The van der Waals surface area contributed by atoms with E-state index in [1.54, 1.807) is 49.6 Å². The molecule has 0 saturated carbocycles. The summed E-state index contributed by atoms with van der Waals surface area (Å²) in [6, 6.07) is 17.5. The fraction of sp³-hybridized carbons (Fsp3) is 0.0476. The quantitative estimate of drug-likeness (QED) is 0.644. The van der Waals surface area contributed by atoms with Crippen molar-refractivity contribution in [3.63, 3.8) is 0 Å². The highest BCUT2D eigenvalue weighted by Crippen LogP contribution is 2.19. The summed E-state index contributed by atoms with van der Waals surface area (Å²) in [6.07, 6.45) is 4.53. The monoisotopic (exact) mass is 362 g/mol. The van der Waals surface area contributed by atoms with E-state index in [4.69, 9.17) is 9.15 Å². The first-order chi connectivity index (χ1) is 13.2. The minimum absolute atomic E-state index is 0.212. The van der Waals surface area contributed by atoms with Crippen LogP contribution in [-0.2, 0) is 4.79 Å². The van der Waals surface area contributed by atoms with Gasteiger partial charge in [-0.2, -0.15) is 0 Å². The zero-order chi connectivity index (χ0) is 19.1. The molecule has 1 heterocycles. The van der Waals surface area contributed by atoms with Crippen LogP contribution in [0.2, 0.25) is 0 Å². The lowest BCUT2D eigenvalue weighted by molar-refractivity contribution is -0.111. The average Bonchev–Trinajstić information content (AvgIpc) is 3.22. The van der Waals surface area contributed by atoms with Crippen molar-refractivity contribution in [2.45, 2.75) is 0 Å². The predicted octanol–water partition coefficient (Wildman–Crippen LogP) is 4.19. The van der Waals surface area contributed by atoms with Crippen LogP contribution in [0.15, 0.2) is 77.4 Å². The number of para-hydroxylation sites is 1. The Bertz CT molecular complexity index is 962. The predicted molar refractivity (Wildman–Crippen MR) is 104 cm³/mol. The van der Waals surface area contributed by atoms with Crippen molar-refractivity contribution in [3.8, 4) is 5.75 Å². The van der Waals surface area contributed by atoms with Crippen molar-refractivity contribution in [1.82, 2.24) is 0 Å². The highest BCUT2D eigenvalue weighted by atomic mass is 16.5. The van der Waals surface area contributed by atoms with Crippen LogP contribution < -0.4 is 15.4 Å². The van der Waals surface area contributed by atoms with E-state index in [-0.39, 0.29) is 17.6 Å². The molecule has 3 rings (SSSR count). The molecule has 0 aliphatic rings. The molecule has 0 spiro atoms. The van der Waals surface area contributed by atoms with Gasteiger partial charge in [-0.05, 0) is 42.5 Å². The molecule has 136 valence electrons. The molecule has 0 fully saturated rings. The van der Waals surface area contributed by atoms with E-state index in [1.165, 1.54) is 12.3 Å². The summed E-state index contributed by atoms with van der Waals surface area (Å²) in [5.41, 5.74) is 1.90. The normalized spacial score (nSPS) is 10.6. The number of methoxy groups -OCH3 is 1. The molecule has 2 aromatic carbocycles. The molecule has 0 radical (unpaired) electrons. The molecule has 0 aliphatic heterocycles. The number of anilines is 2. The molecular formula is C21H18N2O4. The van der Waals surface area contributed by atoms with Crippen LogP contribution in [0.1, 0.15) is 16.1 Å². The van der Waals surface area contributed by atoms with Crippen molar-refractivity contribution in [2.24, 2.45) is 0 Å². The third-order valence-electron chi connectivity index (χ3n) is 3.69. The Morgan fingerprint density at radius 3 is 2.48 bits per heavy atom. The van der Waals surface area contributed by atoms with E-state index in [1.807, 2.05) is 24.3 Å². The number of ether oxygens (including phenoxy) is 1. The van der Waals surface area contributed by atoms with Crippen molar-refractivity contribution in [1.29, 1.82) is 0 Å². The second kappa shape index (κ2) is 8.53. The first-order valence-corrected chi connectivity index (χ1v) is 8.23. The fourth-order valence-electron chi connectivity index (χ4n) is 2.43. The van der Waals surface area contributed by atoms with Gasteiger partial charge in [0.15, 0.2) is 5.76 Å². The number of hydrogen-bond acceptors (Lipinski definition) is 4. The number of amides is 2. The second-order valence-corrected chi connectivity index (χ2v) is 5.58. The standard InChI is InChI=1S/C21H18N2O4/c1-26-18-9-3-2-6-15(18)11-12-20(24)22-16-7-4-8-17(14-16)23-21(25)19-10-5-13-27-19/h2-14H,1H3,(H,22,24)(H,23,25)/b12-11+. The minimum atomic E-state index is -0.362. The molecule has 27 heavy (non-hydrogen) atoms. The molecule has 6 nitrogen and oxygen atoms in total. The largest absolute Gasteiger partial charge is 0.496 e. The van der Waals surface area contributed by atoms with Gasteiger partial charge < -0.3 is 19.8 Å². The van der Waals surface area contributed by atoms with Crippen molar-refractivity contribution in [2.75, 3.05) is 17.7 Å². The summed E-state index contributed by atoms with van der Waals surface area (Å²) in [7, 11) is 1.58. The maximum atomic E-state index is 12.2. The molecule has 0 aliphatic carbocycles. The van der Waals surface area contributed by atoms with Crippen molar-refractivity contribution >= 4 is 29.3 Å². The van der Waals surface area contributed by atoms with E-state index >= 15 is 0 Å². The van der Waals surface area contributed by atoms with Crippen molar-refractivity contribution < 1.29 is 18.7 Å². The van der Waals surface area contributed by atoms with E-state index in [9.17, 15) is 9.59 Å². The zero-order valence-electron chi connectivity index (χ0n) is 14.6. The second-order valence-electron chi connectivity index (χ2n) is 5.58. The third kappa shape index (κ3) is 4.85. The molecule has 2 N–H and O–H groups in total. The van der Waals surface area contributed by atoms with Crippen LogP contribution >= 0.6 is 0 Å². The summed E-state index contributed by atoms with van der Waals surface area (Å²) < 4.78 is 10.3. The number of carbonyl (C=O) groups excluding carboxylic acids is 2. The SMILES string of the molecule is COc1ccccc1/C=C/C(=O)Nc1cccc(NC(=O)c2ccco2)c1. The Morgan fingerprint density at radius 2 is 1.74 bits per heavy atom. The summed E-state index contributed by atoms with van der Waals surface area (Å²) >= 11 is 0. The van der Waals surface area contributed by atoms with Gasteiger partial charge in [0.1, 0.15) is 5.75 Å². The summed E-state index contributed by atoms with van der Waals surface area (Å²) in [4.78, 5) is 24.2. The zero-order valence-corrected chi connectivity index (χ0v) is 14.6. The molecule has 0 atom stereocenters. The smallest absolute Gasteiger partial charge is 0.291 e. The molecule has 0 unspecified atom stereocenters. The topological polar surface area (TPSA) is 80.6 Å². The maximum absolute atomic E-state index is 12.2. The summed E-state index contributed by atoms with van der Waals surface area (Å²) in [5.74, 6) is 0.239. The fourth-order valence-corrected chi connectivity index (χ4v) is 2.43. The van der Waals surface area contributed by atoms with Crippen LogP contribution in [0, 0.1) is 0 Å². The van der Waals surface area contributed by atoms with E-state index < -0.39 is 0 Å². The Morgan fingerprint density at radius 1 is 0.963 bits per heavy atom. The first kappa shape index (κ1) is 18.0. The number of rotatable bonds is 6. The Labute approximate surface area is 156 Å². The van der Waals surface area contributed by atoms with Gasteiger partial charge in [0, 0.05) is 23.0 Å². The van der Waals surface area contributed by atoms with Gasteiger partial charge in [0.05, 0.1) is 13.4 Å². The molecule has 0 saturated heterocycles. The number of hydrogen-bond donors (Lipinski definition) is 2. The van der Waals surface area contributed by atoms with Gasteiger partial charge in [0.2, 0.25) is 5.91 Å². The van der Waals surface area contributed by atoms with E-state index in [2.05, 4.69) is 10.6 Å². The van der Waals surface area contributed by atoms with Crippen LogP contribution in [0.4, 0.5) is 11.4 Å². The number of benzene rings is 2. The highest BCUT2D eigenvalue weighted by Gasteiger charge is 2.09. The Hall–Kier alpha value is -3.80. The van der Waals surface area contributed by atoms with Gasteiger partial charge in [0.25, 0.3) is 5.91 Å². The Kier molecular flexibility index (Phi) is 5.69. The summed E-state index contributed by atoms with van der Waals surface area (Å²) in [5, 5.41) is 5.47. The van der Waals surface area contributed by atoms with E-state index in [0.717, 1.165) is 5.56 Å². The lowest BCUT2D eigenvalue weighted by Crippen LogP contribution is -2.12. The Balaban J connectivity index is 1.64. The average molecular weight is 362 g/mol. The maximum Gasteiger partial charge on any atom is 0.291 e. The molecule has 0 bridgehead atoms. The van der Waals surface area contributed by atoms with Crippen LogP contribution in [0.5, 0.6) is 5.75 Å². The molecule has 1 aromatic heterocycles. The van der Waals surface area contributed by atoms with Gasteiger partial charge in [-0.15, -0.1) is 0 Å². The van der Waals surface area contributed by atoms with Gasteiger partial charge >= 0.3 is 0 Å².